The van der Waals surface area contributed by atoms with Gasteiger partial charge in [-0.15, -0.1) is 0 Å². The number of hydrogen-bond donors (Lipinski definition) is 7. The largest absolute Gasteiger partial charge is 0.480 e. The Morgan fingerprint density at radius 2 is 1.53 bits per heavy atom. The van der Waals surface area contributed by atoms with Crippen LogP contribution in [-0.2, 0) is 32.0 Å². The molecular formula is C20H30N8O5S. The number of carbonyl (C=O) groups is 4. The lowest BCUT2D eigenvalue weighted by atomic mass is 10.1. The summed E-state index contributed by atoms with van der Waals surface area (Å²) in [5.41, 5.74) is 7.04. The quantitative estimate of drug-likeness (QED) is 0.164. The predicted octanol–water partition coefficient (Wildman–Crippen LogP) is -1.44. The number of aromatic nitrogens is 4. The van der Waals surface area contributed by atoms with Crippen LogP contribution in [0.5, 0.6) is 0 Å². The molecule has 0 saturated carbocycles. The van der Waals surface area contributed by atoms with Gasteiger partial charge in [0.2, 0.25) is 17.7 Å². The number of hydrogen-bond acceptors (Lipinski definition) is 8. The maximum atomic E-state index is 12.9. The smallest absolute Gasteiger partial charge is 0.326 e. The fraction of sp³-hybridized carbons (Fsp3) is 0.500. The molecule has 14 heteroatoms. The van der Waals surface area contributed by atoms with Gasteiger partial charge in [-0.1, -0.05) is 0 Å². The summed E-state index contributed by atoms with van der Waals surface area (Å²) in [6, 6.07) is -4.10. The van der Waals surface area contributed by atoms with E-state index >= 15 is 0 Å². The summed E-state index contributed by atoms with van der Waals surface area (Å²) in [6.45, 7) is 1.42. The monoisotopic (exact) mass is 494 g/mol. The fourth-order valence-electron chi connectivity index (χ4n) is 2.97. The highest BCUT2D eigenvalue weighted by Crippen LogP contribution is 2.04. The second-order valence-electron chi connectivity index (χ2n) is 7.64. The highest BCUT2D eigenvalue weighted by molar-refractivity contribution is 7.98. The number of carboxylic acid groups (broad SMARTS) is 1. The van der Waals surface area contributed by atoms with Gasteiger partial charge in [-0.25, -0.2) is 14.8 Å². The van der Waals surface area contributed by atoms with Gasteiger partial charge in [0.1, 0.15) is 18.1 Å². The molecular weight excluding hydrogens is 464 g/mol. The summed E-state index contributed by atoms with van der Waals surface area (Å²) >= 11 is 1.55. The molecule has 0 spiro atoms. The highest BCUT2D eigenvalue weighted by Gasteiger charge is 2.29. The van der Waals surface area contributed by atoms with Gasteiger partial charge in [0.05, 0.1) is 18.7 Å². The first-order chi connectivity index (χ1) is 16.2. The van der Waals surface area contributed by atoms with Crippen LogP contribution in [0.1, 0.15) is 24.7 Å². The molecule has 0 aromatic carbocycles. The summed E-state index contributed by atoms with van der Waals surface area (Å²) < 4.78 is 0. The van der Waals surface area contributed by atoms with Gasteiger partial charge in [0.15, 0.2) is 0 Å². The lowest BCUT2D eigenvalue weighted by Gasteiger charge is -2.23. The van der Waals surface area contributed by atoms with Gasteiger partial charge in [-0.3, -0.25) is 14.4 Å². The van der Waals surface area contributed by atoms with Crippen LogP contribution in [0.2, 0.25) is 0 Å². The molecule has 0 aliphatic carbocycles. The number of carboxylic acids is 1. The van der Waals surface area contributed by atoms with Gasteiger partial charge in [0, 0.05) is 36.6 Å². The molecule has 2 aromatic heterocycles. The molecule has 0 radical (unpaired) electrons. The van der Waals surface area contributed by atoms with Crippen LogP contribution in [0.25, 0.3) is 0 Å². The standard InChI is InChI=1S/C20H30N8O5S/c1-11(17(29)28-16(20(32)33)6-13-8-23-10-25-13)26-19(31)15(5-12-7-22-9-24-12)27-18(30)14(21)3-4-34-2/h7-11,14-16H,3-6,21H2,1-2H3,(H,22,24)(H,23,25)(H,26,31)(H,27,30)(H,28,29)(H,32,33). The van der Waals surface area contributed by atoms with Gasteiger partial charge in [0.25, 0.3) is 0 Å². The molecule has 0 aliphatic rings. The van der Waals surface area contributed by atoms with Crippen molar-refractivity contribution in [3.63, 3.8) is 0 Å². The zero-order valence-electron chi connectivity index (χ0n) is 18.9. The molecule has 3 amide bonds. The number of carbonyl (C=O) groups excluding carboxylic acids is 3. The summed E-state index contributed by atoms with van der Waals surface area (Å²) in [4.78, 5) is 62.9. The molecule has 13 nitrogen and oxygen atoms in total. The van der Waals surface area contributed by atoms with Crippen molar-refractivity contribution in [2.45, 2.75) is 50.4 Å². The lowest BCUT2D eigenvalue weighted by molar-refractivity contribution is -0.142. The van der Waals surface area contributed by atoms with Crippen molar-refractivity contribution in [3.8, 4) is 0 Å². The van der Waals surface area contributed by atoms with Crippen LogP contribution in [-0.4, -0.2) is 84.9 Å². The first kappa shape index (κ1) is 26.9. The molecule has 2 rings (SSSR count). The number of imidazole rings is 2. The van der Waals surface area contributed by atoms with Crippen LogP contribution in [0.3, 0.4) is 0 Å². The summed E-state index contributed by atoms with van der Waals surface area (Å²) in [7, 11) is 0. The molecule has 0 fully saturated rings. The Kier molecular flexibility index (Phi) is 10.5. The highest BCUT2D eigenvalue weighted by atomic mass is 32.2. The number of H-pyrrole nitrogens is 2. The number of amides is 3. The lowest BCUT2D eigenvalue weighted by Crippen LogP contribution is -2.57. The zero-order valence-corrected chi connectivity index (χ0v) is 19.7. The van der Waals surface area contributed by atoms with E-state index in [4.69, 9.17) is 5.73 Å². The minimum absolute atomic E-state index is 0.00577. The maximum Gasteiger partial charge on any atom is 0.326 e. The van der Waals surface area contributed by atoms with E-state index in [1.807, 2.05) is 6.26 Å². The topological polar surface area (TPSA) is 208 Å². The molecule has 0 saturated heterocycles. The van der Waals surface area contributed by atoms with E-state index in [1.54, 1.807) is 11.8 Å². The van der Waals surface area contributed by atoms with Crippen molar-refractivity contribution in [1.82, 2.24) is 35.9 Å². The second kappa shape index (κ2) is 13.3. The van der Waals surface area contributed by atoms with Crippen LogP contribution in [0.15, 0.2) is 25.0 Å². The molecule has 2 heterocycles. The Bertz CT molecular complexity index is 937. The summed E-state index contributed by atoms with van der Waals surface area (Å²) in [5, 5.41) is 17.0. The predicted molar refractivity (Wildman–Crippen MR) is 125 cm³/mol. The van der Waals surface area contributed by atoms with Gasteiger partial charge >= 0.3 is 5.97 Å². The van der Waals surface area contributed by atoms with Crippen LogP contribution >= 0.6 is 11.8 Å². The van der Waals surface area contributed by atoms with Crippen molar-refractivity contribution < 1.29 is 24.3 Å². The summed E-state index contributed by atoms with van der Waals surface area (Å²) in [5.74, 6) is -2.35. The van der Waals surface area contributed by atoms with Gasteiger partial charge < -0.3 is 36.8 Å². The minimum atomic E-state index is -1.23. The fourth-order valence-corrected chi connectivity index (χ4v) is 3.46. The number of nitrogens with one attached hydrogen (secondary N) is 5. The van der Waals surface area contributed by atoms with E-state index in [0.717, 1.165) is 0 Å². The third-order valence-electron chi connectivity index (χ3n) is 4.93. The molecule has 0 bridgehead atoms. The average Bonchev–Trinajstić information content (AvgIpc) is 3.50. The minimum Gasteiger partial charge on any atom is -0.480 e. The number of rotatable bonds is 14. The molecule has 186 valence electrons. The molecule has 8 N–H and O–H groups in total. The third kappa shape index (κ3) is 8.51. The zero-order chi connectivity index (χ0) is 25.1. The Morgan fingerprint density at radius 1 is 0.971 bits per heavy atom. The first-order valence-corrected chi connectivity index (χ1v) is 11.9. The third-order valence-corrected chi connectivity index (χ3v) is 5.57. The number of aliphatic carboxylic acids is 1. The normalized spacial score (nSPS) is 14.4. The van der Waals surface area contributed by atoms with Crippen molar-refractivity contribution in [2.24, 2.45) is 5.73 Å². The average molecular weight is 495 g/mol. The SMILES string of the molecule is CSCCC(N)C(=O)NC(Cc1cnc[nH]1)C(=O)NC(C)C(=O)NC(Cc1cnc[nH]1)C(=O)O. The van der Waals surface area contributed by atoms with Crippen LogP contribution in [0.4, 0.5) is 0 Å². The molecule has 4 unspecified atom stereocenters. The van der Waals surface area contributed by atoms with E-state index < -0.39 is 47.9 Å². The van der Waals surface area contributed by atoms with E-state index in [1.165, 1.54) is 32.0 Å². The van der Waals surface area contributed by atoms with Gasteiger partial charge in [-0.05, 0) is 25.4 Å². The van der Waals surface area contributed by atoms with Crippen LogP contribution < -0.4 is 21.7 Å². The second-order valence-corrected chi connectivity index (χ2v) is 8.63. The van der Waals surface area contributed by atoms with E-state index in [2.05, 4.69) is 35.9 Å². The molecule has 34 heavy (non-hydrogen) atoms. The first-order valence-electron chi connectivity index (χ1n) is 10.5. The van der Waals surface area contributed by atoms with E-state index in [-0.39, 0.29) is 12.8 Å². The Hall–Kier alpha value is -3.39. The summed E-state index contributed by atoms with van der Waals surface area (Å²) in [6.07, 6.45) is 8.25. The van der Waals surface area contributed by atoms with Crippen LogP contribution in [0, 0.1) is 0 Å². The maximum absolute atomic E-state index is 12.9. The van der Waals surface area contributed by atoms with Crippen molar-refractivity contribution >= 4 is 35.5 Å². The Balaban J connectivity index is 2.01. The number of nitrogens with zero attached hydrogens (tertiary/aromatic N) is 2. The number of nitrogens with two attached hydrogens (primary N) is 1. The van der Waals surface area contributed by atoms with Crippen molar-refractivity contribution in [2.75, 3.05) is 12.0 Å². The van der Waals surface area contributed by atoms with E-state index in [9.17, 15) is 24.3 Å². The molecule has 2 aromatic rings. The molecule has 0 aliphatic heterocycles. The Labute approximate surface area is 200 Å². The number of aromatic amines is 2. The van der Waals surface area contributed by atoms with Crippen molar-refractivity contribution in [3.05, 3.63) is 36.4 Å². The molecule has 4 atom stereocenters. The van der Waals surface area contributed by atoms with E-state index in [0.29, 0.717) is 23.6 Å². The number of thioether (sulfide) groups is 1. The van der Waals surface area contributed by atoms with Gasteiger partial charge in [-0.2, -0.15) is 11.8 Å². The van der Waals surface area contributed by atoms with Crippen molar-refractivity contribution in [1.29, 1.82) is 0 Å². The Morgan fingerprint density at radius 3 is 2.03 bits per heavy atom.